The van der Waals surface area contributed by atoms with Gasteiger partial charge in [0.2, 0.25) is 0 Å². The molecule has 0 amide bonds. The van der Waals surface area contributed by atoms with E-state index in [0.29, 0.717) is 39.6 Å². The van der Waals surface area contributed by atoms with Crippen molar-refractivity contribution in [1.82, 2.24) is 0 Å². The van der Waals surface area contributed by atoms with Crippen molar-refractivity contribution in [3.63, 3.8) is 0 Å². The molecule has 0 unspecified atom stereocenters. The Morgan fingerprint density at radius 2 is 1.20 bits per heavy atom. The van der Waals surface area contributed by atoms with Crippen LogP contribution in [0.2, 0.25) is 0 Å². The summed E-state index contributed by atoms with van der Waals surface area (Å²) in [4.78, 5) is 21.1. The summed E-state index contributed by atoms with van der Waals surface area (Å²) in [6, 6.07) is 0. The summed E-state index contributed by atoms with van der Waals surface area (Å²) in [6.45, 7) is 7.47. The molecule has 0 atom stereocenters. The van der Waals surface area contributed by atoms with E-state index in [4.69, 9.17) is 18.9 Å². The van der Waals surface area contributed by atoms with Crippen molar-refractivity contribution in [3.05, 3.63) is 12.7 Å². The maximum atomic E-state index is 10.7. The van der Waals surface area contributed by atoms with Crippen LogP contribution in [-0.4, -0.2) is 64.8 Å². The minimum absolute atomic E-state index is 0.199. The van der Waals surface area contributed by atoms with Gasteiger partial charge in [-0.3, -0.25) is 4.79 Å². The molecule has 0 rings (SSSR count). The highest BCUT2D eigenvalue weighted by atomic mass is 16.6. The Balaban J connectivity index is 3.04. The summed E-state index contributed by atoms with van der Waals surface area (Å²) in [5, 5.41) is 0. The first-order valence-corrected chi connectivity index (χ1v) is 6.32. The molecular weight excluding hydrogens is 268 g/mol. The molecule has 0 radical (unpaired) electrons. The molecule has 0 heterocycles. The van der Waals surface area contributed by atoms with Crippen LogP contribution < -0.4 is 0 Å². The van der Waals surface area contributed by atoms with Gasteiger partial charge < -0.3 is 23.7 Å². The van der Waals surface area contributed by atoms with E-state index >= 15 is 0 Å². The number of carbonyl (C=O) groups is 2. The van der Waals surface area contributed by atoms with Gasteiger partial charge in [-0.15, -0.1) is 0 Å². The number of esters is 2. The fraction of sp³-hybridized carbons (Fsp3) is 0.692. The van der Waals surface area contributed by atoms with Crippen molar-refractivity contribution in [2.24, 2.45) is 0 Å². The third kappa shape index (κ3) is 14.6. The van der Waals surface area contributed by atoms with Crippen molar-refractivity contribution in [3.8, 4) is 0 Å². The second-order valence-electron chi connectivity index (χ2n) is 3.55. The van der Waals surface area contributed by atoms with Gasteiger partial charge >= 0.3 is 11.9 Å². The lowest BCUT2D eigenvalue weighted by Gasteiger charge is -2.07. The molecule has 0 bridgehead atoms. The normalized spacial score (nSPS) is 10.1. The van der Waals surface area contributed by atoms with Crippen LogP contribution in [0, 0.1) is 0 Å². The van der Waals surface area contributed by atoms with Crippen LogP contribution >= 0.6 is 0 Å². The zero-order valence-corrected chi connectivity index (χ0v) is 11.8. The van der Waals surface area contributed by atoms with Crippen molar-refractivity contribution < 1.29 is 33.3 Å². The molecule has 116 valence electrons. The summed E-state index contributed by atoms with van der Waals surface area (Å²) in [6.07, 6.45) is 1.10. The molecule has 0 aromatic heterocycles. The molecule has 20 heavy (non-hydrogen) atoms. The van der Waals surface area contributed by atoms with Crippen LogP contribution in [0.1, 0.15) is 6.92 Å². The van der Waals surface area contributed by atoms with E-state index in [2.05, 4.69) is 11.3 Å². The van der Waals surface area contributed by atoms with Gasteiger partial charge in [-0.1, -0.05) is 6.58 Å². The van der Waals surface area contributed by atoms with Crippen LogP contribution in [0.15, 0.2) is 12.7 Å². The minimum atomic E-state index is -0.462. The molecule has 7 nitrogen and oxygen atoms in total. The van der Waals surface area contributed by atoms with Gasteiger partial charge in [0.25, 0.3) is 0 Å². The average Bonchev–Trinajstić information content (AvgIpc) is 2.43. The summed E-state index contributed by atoms with van der Waals surface area (Å²) in [5.41, 5.74) is 0. The van der Waals surface area contributed by atoms with Gasteiger partial charge in [0.05, 0.1) is 39.6 Å². The standard InChI is InChI=1S/C13H22O7/c1-3-13(15)20-11-9-18-7-5-16-4-6-17-8-10-19-12(2)14/h3H,1,4-11H2,2H3. The number of hydrogen-bond acceptors (Lipinski definition) is 7. The Kier molecular flexibility index (Phi) is 13.0. The van der Waals surface area contributed by atoms with E-state index in [1.54, 1.807) is 0 Å². The number of ether oxygens (including phenoxy) is 5. The third-order valence-corrected chi connectivity index (χ3v) is 1.92. The highest BCUT2D eigenvalue weighted by molar-refractivity contribution is 5.81. The highest BCUT2D eigenvalue weighted by Gasteiger charge is 1.96. The second kappa shape index (κ2) is 14.0. The number of hydrogen-bond donors (Lipinski definition) is 0. The molecule has 0 fully saturated rings. The second-order valence-corrected chi connectivity index (χ2v) is 3.55. The predicted molar refractivity (Wildman–Crippen MR) is 70.2 cm³/mol. The average molecular weight is 290 g/mol. The van der Waals surface area contributed by atoms with E-state index in [1.165, 1.54) is 6.92 Å². The first kappa shape index (κ1) is 18.6. The fourth-order valence-electron chi connectivity index (χ4n) is 1.05. The molecule has 0 aliphatic heterocycles. The topological polar surface area (TPSA) is 80.3 Å². The SMILES string of the molecule is C=CC(=O)OCCOCCOCCOCCOC(C)=O. The smallest absolute Gasteiger partial charge is 0.330 e. The molecule has 0 aliphatic carbocycles. The lowest BCUT2D eigenvalue weighted by Crippen LogP contribution is -2.14. The Labute approximate surface area is 118 Å². The Hall–Kier alpha value is -1.44. The van der Waals surface area contributed by atoms with Crippen molar-refractivity contribution in [1.29, 1.82) is 0 Å². The van der Waals surface area contributed by atoms with E-state index in [1.807, 2.05) is 0 Å². The maximum absolute atomic E-state index is 10.7. The summed E-state index contributed by atoms with van der Waals surface area (Å²) >= 11 is 0. The first-order chi connectivity index (χ1) is 9.66. The largest absolute Gasteiger partial charge is 0.463 e. The fourth-order valence-corrected chi connectivity index (χ4v) is 1.05. The summed E-state index contributed by atoms with van der Waals surface area (Å²) in [5.74, 6) is -0.781. The molecule has 0 spiro atoms. The zero-order chi connectivity index (χ0) is 15.1. The van der Waals surface area contributed by atoms with E-state index in [-0.39, 0.29) is 19.2 Å². The van der Waals surface area contributed by atoms with Gasteiger partial charge in [0.1, 0.15) is 13.2 Å². The van der Waals surface area contributed by atoms with Crippen LogP contribution in [-0.2, 0) is 33.3 Å². The quantitative estimate of drug-likeness (QED) is 0.275. The zero-order valence-electron chi connectivity index (χ0n) is 11.8. The van der Waals surface area contributed by atoms with Crippen LogP contribution in [0.5, 0.6) is 0 Å². The molecule has 0 saturated heterocycles. The van der Waals surface area contributed by atoms with E-state index in [0.717, 1.165) is 6.08 Å². The van der Waals surface area contributed by atoms with Crippen LogP contribution in [0.3, 0.4) is 0 Å². The van der Waals surface area contributed by atoms with Gasteiger partial charge in [-0.2, -0.15) is 0 Å². The van der Waals surface area contributed by atoms with Gasteiger partial charge in [0.15, 0.2) is 0 Å². The molecule has 0 aliphatic rings. The Morgan fingerprint density at radius 3 is 1.60 bits per heavy atom. The third-order valence-electron chi connectivity index (χ3n) is 1.92. The first-order valence-electron chi connectivity index (χ1n) is 6.32. The molecule has 7 heteroatoms. The van der Waals surface area contributed by atoms with Gasteiger partial charge in [-0.25, -0.2) is 4.79 Å². The van der Waals surface area contributed by atoms with E-state index in [9.17, 15) is 9.59 Å². The highest BCUT2D eigenvalue weighted by Crippen LogP contribution is 1.84. The maximum Gasteiger partial charge on any atom is 0.330 e. The molecule has 0 aromatic rings. The van der Waals surface area contributed by atoms with Crippen molar-refractivity contribution in [2.45, 2.75) is 6.92 Å². The molecular formula is C13H22O7. The molecule has 0 aromatic carbocycles. The van der Waals surface area contributed by atoms with E-state index < -0.39 is 5.97 Å². The molecule has 0 saturated carbocycles. The van der Waals surface area contributed by atoms with Crippen LogP contribution in [0.25, 0.3) is 0 Å². The van der Waals surface area contributed by atoms with Gasteiger partial charge in [0, 0.05) is 13.0 Å². The Bertz CT molecular complexity index is 278. The lowest BCUT2D eigenvalue weighted by atomic mass is 10.6. The number of carbonyl (C=O) groups excluding carboxylic acids is 2. The minimum Gasteiger partial charge on any atom is -0.463 e. The molecule has 0 N–H and O–H groups in total. The van der Waals surface area contributed by atoms with Crippen molar-refractivity contribution in [2.75, 3.05) is 52.9 Å². The predicted octanol–water partition coefficient (Wildman–Crippen LogP) is 0.329. The van der Waals surface area contributed by atoms with Crippen molar-refractivity contribution >= 4 is 11.9 Å². The Morgan fingerprint density at radius 1 is 0.800 bits per heavy atom. The van der Waals surface area contributed by atoms with Gasteiger partial charge in [-0.05, 0) is 0 Å². The van der Waals surface area contributed by atoms with Crippen LogP contribution in [0.4, 0.5) is 0 Å². The lowest BCUT2D eigenvalue weighted by molar-refractivity contribution is -0.142. The summed E-state index contributed by atoms with van der Waals surface area (Å²) < 4.78 is 24.9. The monoisotopic (exact) mass is 290 g/mol. The summed E-state index contributed by atoms with van der Waals surface area (Å²) in [7, 11) is 0. The number of rotatable bonds is 13.